The predicted molar refractivity (Wildman–Crippen MR) is 107 cm³/mol. The first-order valence-corrected chi connectivity index (χ1v) is 8.91. The number of ether oxygens (including phenoxy) is 1. The lowest BCUT2D eigenvalue weighted by Gasteiger charge is -2.22. The van der Waals surface area contributed by atoms with Crippen molar-refractivity contribution in [3.8, 4) is 17.1 Å². The normalized spacial score (nSPS) is 11.3. The van der Waals surface area contributed by atoms with Crippen LogP contribution in [0.2, 0.25) is 0 Å². The molecule has 0 amide bonds. The monoisotopic (exact) mass is 382 g/mol. The molecule has 0 aliphatic carbocycles. The van der Waals surface area contributed by atoms with Crippen molar-refractivity contribution in [2.45, 2.75) is 6.54 Å². The van der Waals surface area contributed by atoms with E-state index < -0.39 is 0 Å². The van der Waals surface area contributed by atoms with Gasteiger partial charge in [0.05, 0.1) is 6.54 Å². The van der Waals surface area contributed by atoms with Crippen molar-refractivity contribution in [1.29, 1.82) is 0 Å². The Hall–Kier alpha value is -3.42. The standard InChI is InChI=1S/C20H23FN6O/c1-22-20(27(2)10-11-28-18-9-4-3-8-17(18)21)23-13-15-6-5-7-16(12-15)19-24-14-25-26-19/h3-9,12,14H,10-11,13H2,1-2H3,(H,22,23)(H,24,25,26). The van der Waals surface area contributed by atoms with E-state index in [0.29, 0.717) is 19.7 Å². The Morgan fingerprint density at radius 2 is 2.11 bits per heavy atom. The third kappa shape index (κ3) is 5.06. The molecular formula is C20H23FN6O. The van der Waals surface area contributed by atoms with Crippen LogP contribution in [0.1, 0.15) is 5.56 Å². The van der Waals surface area contributed by atoms with Gasteiger partial charge in [0, 0.05) is 26.2 Å². The maximum absolute atomic E-state index is 13.6. The lowest BCUT2D eigenvalue weighted by molar-refractivity contribution is 0.270. The average molecular weight is 382 g/mol. The average Bonchev–Trinajstić information content (AvgIpc) is 3.25. The van der Waals surface area contributed by atoms with E-state index in [2.05, 4.69) is 25.5 Å². The zero-order valence-corrected chi connectivity index (χ0v) is 15.9. The molecule has 0 unspecified atom stereocenters. The molecule has 28 heavy (non-hydrogen) atoms. The Morgan fingerprint density at radius 3 is 2.86 bits per heavy atom. The number of likely N-dealkylation sites (N-methyl/N-ethyl adjacent to an activating group) is 1. The fourth-order valence-electron chi connectivity index (χ4n) is 2.70. The lowest BCUT2D eigenvalue weighted by atomic mass is 10.1. The van der Waals surface area contributed by atoms with Gasteiger partial charge in [-0.05, 0) is 23.8 Å². The van der Waals surface area contributed by atoms with Crippen LogP contribution in [0.5, 0.6) is 5.75 Å². The number of hydrogen-bond acceptors (Lipinski definition) is 4. The van der Waals surface area contributed by atoms with Gasteiger partial charge in [-0.3, -0.25) is 10.1 Å². The van der Waals surface area contributed by atoms with Crippen LogP contribution in [0.3, 0.4) is 0 Å². The van der Waals surface area contributed by atoms with Gasteiger partial charge in [-0.15, -0.1) is 0 Å². The van der Waals surface area contributed by atoms with Crippen LogP contribution in [-0.2, 0) is 6.54 Å². The summed E-state index contributed by atoms with van der Waals surface area (Å²) in [5.41, 5.74) is 2.06. The van der Waals surface area contributed by atoms with Crippen molar-refractivity contribution in [3.05, 3.63) is 66.2 Å². The second-order valence-electron chi connectivity index (χ2n) is 6.14. The van der Waals surface area contributed by atoms with Crippen LogP contribution < -0.4 is 10.1 Å². The summed E-state index contributed by atoms with van der Waals surface area (Å²) in [6.07, 6.45) is 1.49. The van der Waals surface area contributed by atoms with Gasteiger partial charge in [-0.2, -0.15) is 5.10 Å². The molecule has 1 aromatic heterocycles. The molecule has 1 heterocycles. The number of halogens is 1. The predicted octanol–water partition coefficient (Wildman–Crippen LogP) is 2.70. The van der Waals surface area contributed by atoms with Gasteiger partial charge in [0.1, 0.15) is 12.9 Å². The van der Waals surface area contributed by atoms with E-state index in [1.54, 1.807) is 25.2 Å². The number of rotatable bonds is 7. The maximum Gasteiger partial charge on any atom is 0.193 e. The number of nitrogens with zero attached hydrogens (tertiary/aromatic N) is 4. The van der Waals surface area contributed by atoms with Gasteiger partial charge in [0.15, 0.2) is 23.4 Å². The van der Waals surface area contributed by atoms with Crippen LogP contribution in [0.15, 0.2) is 59.9 Å². The Labute approximate surface area is 163 Å². The summed E-state index contributed by atoms with van der Waals surface area (Å²) in [7, 11) is 3.63. The molecule has 0 fully saturated rings. The van der Waals surface area contributed by atoms with Crippen LogP contribution in [0.4, 0.5) is 4.39 Å². The number of guanidine groups is 1. The summed E-state index contributed by atoms with van der Waals surface area (Å²) in [5.74, 6) is 1.35. The third-order valence-corrected chi connectivity index (χ3v) is 4.16. The molecule has 2 aromatic carbocycles. The molecule has 0 radical (unpaired) electrons. The first kappa shape index (κ1) is 19.3. The lowest BCUT2D eigenvalue weighted by Crippen LogP contribution is -2.40. The number of para-hydroxylation sites is 1. The van der Waals surface area contributed by atoms with Crippen LogP contribution >= 0.6 is 0 Å². The van der Waals surface area contributed by atoms with E-state index in [0.717, 1.165) is 22.9 Å². The molecule has 8 heteroatoms. The molecule has 3 aromatic rings. The second-order valence-corrected chi connectivity index (χ2v) is 6.14. The molecule has 3 rings (SSSR count). The molecular weight excluding hydrogens is 359 g/mol. The zero-order valence-electron chi connectivity index (χ0n) is 15.9. The van der Waals surface area contributed by atoms with Crippen LogP contribution in [-0.4, -0.2) is 53.3 Å². The summed E-state index contributed by atoms with van der Waals surface area (Å²) >= 11 is 0. The molecule has 7 nitrogen and oxygen atoms in total. The Bertz CT molecular complexity index is 913. The number of hydrogen-bond donors (Lipinski definition) is 2. The highest BCUT2D eigenvalue weighted by molar-refractivity contribution is 5.79. The number of aromatic nitrogens is 3. The summed E-state index contributed by atoms with van der Waals surface area (Å²) in [6.45, 7) is 1.51. The zero-order chi connectivity index (χ0) is 19.8. The van der Waals surface area contributed by atoms with E-state index in [4.69, 9.17) is 4.74 Å². The minimum Gasteiger partial charge on any atom is -0.489 e. The van der Waals surface area contributed by atoms with Crippen LogP contribution in [0.25, 0.3) is 11.4 Å². The molecule has 0 aliphatic heterocycles. The van der Waals surface area contributed by atoms with E-state index in [1.807, 2.05) is 36.2 Å². The molecule has 0 bridgehead atoms. The summed E-state index contributed by atoms with van der Waals surface area (Å²) < 4.78 is 19.1. The summed E-state index contributed by atoms with van der Waals surface area (Å²) in [5, 5.41) is 10.1. The van der Waals surface area contributed by atoms with Gasteiger partial charge in [-0.1, -0.05) is 30.3 Å². The molecule has 146 valence electrons. The first-order chi connectivity index (χ1) is 13.7. The van der Waals surface area contributed by atoms with Crippen molar-refractivity contribution in [2.24, 2.45) is 4.99 Å². The Morgan fingerprint density at radius 1 is 1.25 bits per heavy atom. The number of aliphatic imine (C=N–C) groups is 1. The van der Waals surface area contributed by atoms with Gasteiger partial charge in [-0.25, -0.2) is 9.37 Å². The molecule has 0 spiro atoms. The number of H-pyrrole nitrogens is 1. The molecule has 0 saturated heterocycles. The highest BCUT2D eigenvalue weighted by Crippen LogP contribution is 2.16. The van der Waals surface area contributed by atoms with Gasteiger partial charge >= 0.3 is 0 Å². The van der Waals surface area contributed by atoms with Gasteiger partial charge < -0.3 is 15.0 Å². The fraction of sp³-hybridized carbons (Fsp3) is 0.250. The smallest absolute Gasteiger partial charge is 0.193 e. The van der Waals surface area contributed by atoms with E-state index in [1.165, 1.54) is 12.4 Å². The topological polar surface area (TPSA) is 78.4 Å². The number of nitrogens with one attached hydrogen (secondary N) is 2. The van der Waals surface area contributed by atoms with Crippen molar-refractivity contribution >= 4 is 5.96 Å². The highest BCUT2D eigenvalue weighted by Gasteiger charge is 2.08. The second kappa shape index (κ2) is 9.50. The highest BCUT2D eigenvalue weighted by atomic mass is 19.1. The van der Waals surface area contributed by atoms with E-state index in [9.17, 15) is 4.39 Å². The van der Waals surface area contributed by atoms with E-state index >= 15 is 0 Å². The number of aromatic amines is 1. The van der Waals surface area contributed by atoms with Crippen molar-refractivity contribution in [3.63, 3.8) is 0 Å². The maximum atomic E-state index is 13.6. The first-order valence-electron chi connectivity index (χ1n) is 8.91. The van der Waals surface area contributed by atoms with E-state index in [-0.39, 0.29) is 11.6 Å². The van der Waals surface area contributed by atoms with Crippen LogP contribution in [0, 0.1) is 5.82 Å². The van der Waals surface area contributed by atoms with Crippen molar-refractivity contribution < 1.29 is 9.13 Å². The van der Waals surface area contributed by atoms with Crippen molar-refractivity contribution in [2.75, 3.05) is 27.2 Å². The molecule has 0 atom stereocenters. The molecule has 0 aliphatic rings. The molecule has 2 N–H and O–H groups in total. The minimum absolute atomic E-state index is 0.253. The molecule has 0 saturated carbocycles. The SMILES string of the molecule is CN=C(NCc1cccc(-c2ncn[nH]2)c1)N(C)CCOc1ccccc1F. The summed E-state index contributed by atoms with van der Waals surface area (Å²) in [4.78, 5) is 10.4. The quantitative estimate of drug-likeness (QED) is 0.485. The largest absolute Gasteiger partial charge is 0.489 e. The minimum atomic E-state index is -0.362. The van der Waals surface area contributed by atoms with Gasteiger partial charge in [0.25, 0.3) is 0 Å². The van der Waals surface area contributed by atoms with Crippen molar-refractivity contribution in [1.82, 2.24) is 25.4 Å². The Kier molecular flexibility index (Phi) is 6.56. The summed E-state index contributed by atoms with van der Waals surface area (Å²) in [6, 6.07) is 14.4. The fourth-order valence-corrected chi connectivity index (χ4v) is 2.70. The third-order valence-electron chi connectivity index (χ3n) is 4.16. The Balaban J connectivity index is 1.51. The van der Waals surface area contributed by atoms with Gasteiger partial charge in [0.2, 0.25) is 0 Å². The number of benzene rings is 2.